The number of carbonyl (C=O) groups excluding carboxylic acids is 3. The second-order valence-corrected chi connectivity index (χ2v) is 9.43. The quantitative estimate of drug-likeness (QED) is 0.599. The largest absolute Gasteiger partial charge is 0.355 e. The molecule has 176 valence electrons. The van der Waals surface area contributed by atoms with E-state index < -0.39 is 33.7 Å². The van der Waals surface area contributed by atoms with Gasteiger partial charge in [0.05, 0.1) is 5.56 Å². The standard InChI is InChI=1S/C23H26FN3O5S/c1-3-19(22(29)25-4-2)26(15-16-9-11-17(24)12-10-16)21(28)13-14-27-23(30)18-7-5-6-8-20(18)33(27,31)32/h5-12,19H,3-4,13-15H2,1-2H3,(H,25,29)/t19-/m1/s1. The summed E-state index contributed by atoms with van der Waals surface area (Å²) in [7, 11) is -4.04. The van der Waals surface area contributed by atoms with Gasteiger partial charge in [0.25, 0.3) is 15.9 Å². The lowest BCUT2D eigenvalue weighted by Gasteiger charge is -2.31. The smallest absolute Gasteiger partial charge is 0.269 e. The minimum atomic E-state index is -4.04. The summed E-state index contributed by atoms with van der Waals surface area (Å²) in [5.74, 6) is -1.94. The Morgan fingerprint density at radius 2 is 1.76 bits per heavy atom. The highest BCUT2D eigenvalue weighted by molar-refractivity contribution is 7.90. The molecule has 0 radical (unpaired) electrons. The molecule has 0 unspecified atom stereocenters. The topological polar surface area (TPSA) is 104 Å². The highest BCUT2D eigenvalue weighted by Crippen LogP contribution is 2.30. The van der Waals surface area contributed by atoms with E-state index >= 15 is 0 Å². The van der Waals surface area contributed by atoms with Crippen LogP contribution in [-0.4, -0.2) is 54.5 Å². The second kappa shape index (κ2) is 10.1. The van der Waals surface area contributed by atoms with Gasteiger partial charge in [-0.25, -0.2) is 17.1 Å². The summed E-state index contributed by atoms with van der Waals surface area (Å²) in [5.41, 5.74) is 0.687. The molecule has 8 nitrogen and oxygen atoms in total. The molecule has 3 amide bonds. The molecule has 1 heterocycles. The van der Waals surface area contributed by atoms with E-state index in [2.05, 4.69) is 5.32 Å². The number of fused-ring (bicyclic) bond motifs is 1. The monoisotopic (exact) mass is 475 g/mol. The van der Waals surface area contributed by atoms with E-state index in [0.717, 1.165) is 0 Å². The molecule has 1 N–H and O–H groups in total. The van der Waals surface area contributed by atoms with Crippen LogP contribution < -0.4 is 5.32 Å². The lowest BCUT2D eigenvalue weighted by molar-refractivity contribution is -0.141. The second-order valence-electron chi connectivity index (χ2n) is 7.60. The fourth-order valence-electron chi connectivity index (χ4n) is 3.79. The van der Waals surface area contributed by atoms with Crippen molar-refractivity contribution < 1.29 is 27.2 Å². The zero-order valence-corrected chi connectivity index (χ0v) is 19.3. The molecule has 0 fully saturated rings. The molecule has 2 aromatic carbocycles. The first-order valence-corrected chi connectivity index (χ1v) is 12.1. The molecule has 1 aliphatic rings. The molecule has 33 heavy (non-hydrogen) atoms. The molecular formula is C23H26FN3O5S. The van der Waals surface area contributed by atoms with Crippen LogP contribution in [0.1, 0.15) is 42.6 Å². The number of benzene rings is 2. The predicted molar refractivity (Wildman–Crippen MR) is 119 cm³/mol. The molecule has 1 aliphatic heterocycles. The molecule has 2 aromatic rings. The van der Waals surface area contributed by atoms with Crippen molar-refractivity contribution >= 4 is 27.7 Å². The summed E-state index contributed by atoms with van der Waals surface area (Å²) in [5, 5.41) is 2.70. The molecular weight excluding hydrogens is 449 g/mol. The average Bonchev–Trinajstić information content (AvgIpc) is 2.99. The van der Waals surface area contributed by atoms with Crippen LogP contribution in [0.3, 0.4) is 0 Å². The minimum absolute atomic E-state index is 0.0374. The first-order valence-electron chi connectivity index (χ1n) is 10.7. The molecule has 0 bridgehead atoms. The van der Waals surface area contributed by atoms with E-state index in [-0.39, 0.29) is 35.9 Å². The van der Waals surface area contributed by atoms with Crippen molar-refractivity contribution in [1.29, 1.82) is 0 Å². The maximum absolute atomic E-state index is 13.3. The minimum Gasteiger partial charge on any atom is -0.355 e. The van der Waals surface area contributed by atoms with E-state index in [1.54, 1.807) is 19.9 Å². The van der Waals surface area contributed by atoms with Crippen molar-refractivity contribution in [3.8, 4) is 0 Å². The van der Waals surface area contributed by atoms with Crippen molar-refractivity contribution in [1.82, 2.24) is 14.5 Å². The summed E-state index contributed by atoms with van der Waals surface area (Å²) < 4.78 is 39.5. The lowest BCUT2D eigenvalue weighted by Crippen LogP contribution is -2.49. The first-order chi connectivity index (χ1) is 15.7. The van der Waals surface area contributed by atoms with E-state index in [4.69, 9.17) is 0 Å². The Balaban J connectivity index is 1.82. The third-order valence-electron chi connectivity index (χ3n) is 5.44. The summed E-state index contributed by atoms with van der Waals surface area (Å²) >= 11 is 0. The van der Waals surface area contributed by atoms with Crippen LogP contribution in [0.2, 0.25) is 0 Å². The van der Waals surface area contributed by atoms with Gasteiger partial charge in [0.2, 0.25) is 11.8 Å². The number of halogens is 1. The number of nitrogens with zero attached hydrogens (tertiary/aromatic N) is 2. The van der Waals surface area contributed by atoms with Crippen LogP contribution in [0.4, 0.5) is 4.39 Å². The maximum Gasteiger partial charge on any atom is 0.269 e. The van der Waals surface area contributed by atoms with Crippen LogP contribution >= 0.6 is 0 Å². The van der Waals surface area contributed by atoms with Gasteiger partial charge in [0, 0.05) is 26.1 Å². The van der Waals surface area contributed by atoms with Crippen LogP contribution in [0.15, 0.2) is 53.4 Å². The predicted octanol–water partition coefficient (Wildman–Crippen LogP) is 2.30. The number of sulfonamides is 1. The van der Waals surface area contributed by atoms with Crippen molar-refractivity contribution in [2.45, 2.75) is 44.2 Å². The van der Waals surface area contributed by atoms with E-state index in [1.165, 1.54) is 47.4 Å². The third kappa shape index (κ3) is 5.05. The van der Waals surface area contributed by atoms with Crippen LogP contribution in [0.25, 0.3) is 0 Å². The molecule has 3 rings (SSSR count). The number of hydrogen-bond donors (Lipinski definition) is 1. The Morgan fingerprint density at radius 3 is 2.36 bits per heavy atom. The number of hydrogen-bond acceptors (Lipinski definition) is 5. The maximum atomic E-state index is 13.3. The highest BCUT2D eigenvalue weighted by Gasteiger charge is 2.41. The van der Waals surface area contributed by atoms with Gasteiger partial charge < -0.3 is 10.2 Å². The summed E-state index contributed by atoms with van der Waals surface area (Å²) in [6.45, 7) is 3.59. The van der Waals surface area contributed by atoms with Gasteiger partial charge in [-0.05, 0) is 43.2 Å². The average molecular weight is 476 g/mol. The Bertz CT molecular complexity index is 1150. The van der Waals surface area contributed by atoms with Crippen LogP contribution in [0.5, 0.6) is 0 Å². The number of likely N-dealkylation sites (N-methyl/N-ethyl adjacent to an activating group) is 1. The van der Waals surface area contributed by atoms with E-state index in [9.17, 15) is 27.2 Å². The number of amides is 3. The summed E-state index contributed by atoms with van der Waals surface area (Å²) in [6, 6.07) is 10.6. The van der Waals surface area contributed by atoms with E-state index in [0.29, 0.717) is 22.8 Å². The summed E-state index contributed by atoms with van der Waals surface area (Å²) in [6.07, 6.45) is 0.0290. The fourth-order valence-corrected chi connectivity index (χ4v) is 5.36. The van der Waals surface area contributed by atoms with Gasteiger partial charge in [-0.15, -0.1) is 0 Å². The van der Waals surface area contributed by atoms with Gasteiger partial charge in [0.1, 0.15) is 16.8 Å². The third-order valence-corrected chi connectivity index (χ3v) is 7.28. The zero-order valence-electron chi connectivity index (χ0n) is 18.5. The Morgan fingerprint density at radius 1 is 1.09 bits per heavy atom. The van der Waals surface area contributed by atoms with Crippen molar-refractivity contribution in [3.63, 3.8) is 0 Å². The van der Waals surface area contributed by atoms with Gasteiger partial charge in [-0.1, -0.05) is 31.2 Å². The van der Waals surface area contributed by atoms with Crippen LogP contribution in [-0.2, 0) is 26.2 Å². The number of carbonyl (C=O) groups is 3. The van der Waals surface area contributed by atoms with Crippen molar-refractivity contribution in [2.24, 2.45) is 0 Å². The number of rotatable bonds is 9. The molecule has 0 saturated carbocycles. The molecule has 1 atom stereocenters. The Hall–Kier alpha value is -3.27. The van der Waals surface area contributed by atoms with Gasteiger partial charge in [-0.3, -0.25) is 14.4 Å². The van der Waals surface area contributed by atoms with Crippen LogP contribution in [0, 0.1) is 5.82 Å². The number of nitrogens with one attached hydrogen (secondary N) is 1. The molecule has 0 aliphatic carbocycles. The normalized spacial score (nSPS) is 15.1. The van der Waals surface area contributed by atoms with E-state index in [1.807, 2.05) is 0 Å². The van der Waals surface area contributed by atoms with Crippen molar-refractivity contribution in [2.75, 3.05) is 13.1 Å². The molecule has 0 spiro atoms. The first kappa shape index (κ1) is 24.4. The van der Waals surface area contributed by atoms with Crippen molar-refractivity contribution in [3.05, 3.63) is 65.5 Å². The Labute approximate surface area is 192 Å². The van der Waals surface area contributed by atoms with Gasteiger partial charge in [0.15, 0.2) is 0 Å². The van der Waals surface area contributed by atoms with Gasteiger partial charge >= 0.3 is 0 Å². The SMILES string of the molecule is CCNC(=O)[C@@H](CC)N(Cc1ccc(F)cc1)C(=O)CCN1C(=O)c2ccccc2S1(=O)=O. The molecule has 0 aromatic heterocycles. The Kier molecular flexibility index (Phi) is 7.47. The highest BCUT2D eigenvalue weighted by atomic mass is 32.2. The summed E-state index contributed by atoms with van der Waals surface area (Å²) in [4.78, 5) is 39.7. The lowest BCUT2D eigenvalue weighted by atomic mass is 10.1. The van der Waals surface area contributed by atoms with Gasteiger partial charge in [-0.2, -0.15) is 0 Å². The fraction of sp³-hybridized carbons (Fsp3) is 0.348. The molecule has 10 heteroatoms. The molecule has 0 saturated heterocycles. The zero-order chi connectivity index (χ0) is 24.2.